The fourth-order valence-corrected chi connectivity index (χ4v) is 3.06. The molecule has 0 aliphatic heterocycles. The highest BCUT2D eigenvalue weighted by atomic mass is 16.3. The number of nitrogens with one attached hydrogen (secondary N) is 1. The SMILES string of the molecule is OC1CCCCCC1Nc1ccc(-c2ccccc2)cc1. The van der Waals surface area contributed by atoms with Crippen molar-refractivity contribution < 1.29 is 5.11 Å². The van der Waals surface area contributed by atoms with Gasteiger partial charge in [-0.25, -0.2) is 0 Å². The molecule has 0 saturated heterocycles. The first kappa shape index (κ1) is 14.2. The smallest absolute Gasteiger partial charge is 0.0741 e. The molecular weight excluding hydrogens is 258 g/mol. The summed E-state index contributed by atoms with van der Waals surface area (Å²) in [4.78, 5) is 0. The van der Waals surface area contributed by atoms with E-state index in [1.165, 1.54) is 24.0 Å². The Morgan fingerprint density at radius 2 is 1.43 bits per heavy atom. The van der Waals surface area contributed by atoms with Crippen LogP contribution < -0.4 is 5.32 Å². The molecule has 1 aliphatic carbocycles. The van der Waals surface area contributed by atoms with Crippen molar-refractivity contribution in [3.63, 3.8) is 0 Å². The summed E-state index contributed by atoms with van der Waals surface area (Å²) in [6.07, 6.45) is 5.34. The molecule has 3 rings (SSSR count). The first-order valence-electron chi connectivity index (χ1n) is 7.93. The molecule has 1 fully saturated rings. The number of anilines is 1. The van der Waals surface area contributed by atoms with Crippen LogP contribution in [0.15, 0.2) is 54.6 Å². The molecule has 0 bridgehead atoms. The lowest BCUT2D eigenvalue weighted by Crippen LogP contribution is -2.32. The van der Waals surface area contributed by atoms with Gasteiger partial charge in [-0.3, -0.25) is 0 Å². The minimum Gasteiger partial charge on any atom is -0.391 e. The van der Waals surface area contributed by atoms with Gasteiger partial charge in [0.05, 0.1) is 12.1 Å². The van der Waals surface area contributed by atoms with Crippen molar-refractivity contribution >= 4 is 5.69 Å². The zero-order chi connectivity index (χ0) is 14.5. The lowest BCUT2D eigenvalue weighted by molar-refractivity contribution is 0.144. The Morgan fingerprint density at radius 1 is 0.762 bits per heavy atom. The average molecular weight is 281 g/mol. The van der Waals surface area contributed by atoms with Gasteiger partial charge in [-0.15, -0.1) is 0 Å². The number of hydrogen-bond acceptors (Lipinski definition) is 2. The fraction of sp³-hybridized carbons (Fsp3) is 0.368. The summed E-state index contributed by atoms with van der Waals surface area (Å²) in [6.45, 7) is 0. The van der Waals surface area contributed by atoms with E-state index in [1.807, 2.05) is 6.07 Å². The monoisotopic (exact) mass is 281 g/mol. The zero-order valence-electron chi connectivity index (χ0n) is 12.3. The maximum Gasteiger partial charge on any atom is 0.0741 e. The minimum atomic E-state index is -0.221. The van der Waals surface area contributed by atoms with Crippen LogP contribution in [-0.4, -0.2) is 17.3 Å². The van der Waals surface area contributed by atoms with E-state index in [-0.39, 0.29) is 12.1 Å². The van der Waals surface area contributed by atoms with Crippen molar-refractivity contribution in [3.8, 4) is 11.1 Å². The number of aliphatic hydroxyl groups excluding tert-OH is 1. The summed E-state index contributed by atoms with van der Waals surface area (Å²) in [5, 5.41) is 13.7. The van der Waals surface area contributed by atoms with Crippen LogP contribution in [0.2, 0.25) is 0 Å². The van der Waals surface area contributed by atoms with Crippen molar-refractivity contribution in [2.45, 2.75) is 44.2 Å². The molecule has 1 saturated carbocycles. The van der Waals surface area contributed by atoms with Gasteiger partial charge in [-0.05, 0) is 36.1 Å². The lowest BCUT2D eigenvalue weighted by Gasteiger charge is -2.23. The molecular formula is C19H23NO. The second-order valence-corrected chi connectivity index (χ2v) is 5.90. The van der Waals surface area contributed by atoms with E-state index >= 15 is 0 Å². The van der Waals surface area contributed by atoms with Gasteiger partial charge < -0.3 is 10.4 Å². The van der Waals surface area contributed by atoms with Gasteiger partial charge >= 0.3 is 0 Å². The number of benzene rings is 2. The summed E-state index contributed by atoms with van der Waals surface area (Å²) >= 11 is 0. The highest BCUT2D eigenvalue weighted by Crippen LogP contribution is 2.24. The zero-order valence-corrected chi connectivity index (χ0v) is 12.3. The average Bonchev–Trinajstić information content (AvgIpc) is 2.74. The summed E-state index contributed by atoms with van der Waals surface area (Å²) in [5.41, 5.74) is 3.56. The highest BCUT2D eigenvalue weighted by Gasteiger charge is 2.21. The molecule has 110 valence electrons. The predicted molar refractivity (Wildman–Crippen MR) is 88.4 cm³/mol. The second-order valence-electron chi connectivity index (χ2n) is 5.90. The summed E-state index contributed by atoms with van der Waals surface area (Å²) in [6, 6.07) is 19.1. The number of aliphatic hydroxyl groups is 1. The van der Waals surface area contributed by atoms with Gasteiger partial charge in [0.2, 0.25) is 0 Å². The molecule has 0 radical (unpaired) electrons. The molecule has 0 aromatic heterocycles. The molecule has 1 aliphatic rings. The molecule has 2 nitrogen and oxygen atoms in total. The molecule has 2 aromatic rings. The van der Waals surface area contributed by atoms with Gasteiger partial charge in [0, 0.05) is 5.69 Å². The van der Waals surface area contributed by atoms with Gasteiger partial charge in [0.25, 0.3) is 0 Å². The molecule has 2 heteroatoms. The Kier molecular flexibility index (Phi) is 4.56. The molecule has 21 heavy (non-hydrogen) atoms. The van der Waals surface area contributed by atoms with E-state index in [0.29, 0.717) is 0 Å². The van der Waals surface area contributed by atoms with Gasteiger partial charge in [-0.2, -0.15) is 0 Å². The van der Waals surface area contributed by atoms with E-state index in [0.717, 1.165) is 24.9 Å². The van der Waals surface area contributed by atoms with Gasteiger partial charge in [-0.1, -0.05) is 61.7 Å². The number of rotatable bonds is 3. The first-order valence-corrected chi connectivity index (χ1v) is 7.93. The van der Waals surface area contributed by atoms with E-state index in [1.54, 1.807) is 0 Å². The Morgan fingerprint density at radius 3 is 2.19 bits per heavy atom. The van der Waals surface area contributed by atoms with E-state index in [2.05, 4.69) is 53.8 Å². The van der Waals surface area contributed by atoms with Gasteiger partial charge in [0.1, 0.15) is 0 Å². The standard InChI is InChI=1S/C19H23NO/c21-19-10-6-2-5-9-18(19)20-17-13-11-16(12-14-17)15-7-3-1-4-8-15/h1,3-4,7-8,11-14,18-21H,2,5-6,9-10H2. The summed E-state index contributed by atoms with van der Waals surface area (Å²) in [5.74, 6) is 0. The highest BCUT2D eigenvalue weighted by molar-refractivity contribution is 5.65. The Bertz CT molecular complexity index is 550. The van der Waals surface area contributed by atoms with Crippen LogP contribution in [0.1, 0.15) is 32.1 Å². The van der Waals surface area contributed by atoms with Crippen LogP contribution in [0, 0.1) is 0 Å². The van der Waals surface area contributed by atoms with Crippen LogP contribution >= 0.6 is 0 Å². The van der Waals surface area contributed by atoms with Gasteiger partial charge in [0.15, 0.2) is 0 Å². The van der Waals surface area contributed by atoms with Crippen LogP contribution in [-0.2, 0) is 0 Å². The Labute approximate surface area is 126 Å². The summed E-state index contributed by atoms with van der Waals surface area (Å²) in [7, 11) is 0. The largest absolute Gasteiger partial charge is 0.391 e. The van der Waals surface area contributed by atoms with Crippen molar-refractivity contribution in [1.82, 2.24) is 0 Å². The van der Waals surface area contributed by atoms with Crippen LogP contribution in [0.5, 0.6) is 0 Å². The maximum absolute atomic E-state index is 10.2. The van der Waals surface area contributed by atoms with E-state index < -0.39 is 0 Å². The fourth-order valence-electron chi connectivity index (χ4n) is 3.06. The van der Waals surface area contributed by atoms with Crippen molar-refractivity contribution in [2.24, 2.45) is 0 Å². The van der Waals surface area contributed by atoms with E-state index in [9.17, 15) is 5.11 Å². The molecule has 2 unspecified atom stereocenters. The normalized spacial score (nSPS) is 22.5. The number of hydrogen-bond donors (Lipinski definition) is 2. The maximum atomic E-state index is 10.2. The molecule has 2 atom stereocenters. The van der Waals surface area contributed by atoms with Crippen molar-refractivity contribution in [2.75, 3.05) is 5.32 Å². The Hall–Kier alpha value is -1.80. The third-order valence-corrected chi connectivity index (χ3v) is 4.32. The van der Waals surface area contributed by atoms with Crippen molar-refractivity contribution in [3.05, 3.63) is 54.6 Å². The molecule has 0 amide bonds. The molecule has 2 N–H and O–H groups in total. The quantitative estimate of drug-likeness (QED) is 0.814. The van der Waals surface area contributed by atoms with E-state index in [4.69, 9.17) is 0 Å². The first-order chi connectivity index (χ1) is 10.3. The van der Waals surface area contributed by atoms with Crippen molar-refractivity contribution in [1.29, 1.82) is 0 Å². The third kappa shape index (κ3) is 3.64. The summed E-state index contributed by atoms with van der Waals surface area (Å²) < 4.78 is 0. The molecule has 0 heterocycles. The predicted octanol–water partition coefficient (Wildman–Crippen LogP) is 4.46. The third-order valence-electron chi connectivity index (χ3n) is 4.32. The lowest BCUT2D eigenvalue weighted by atomic mass is 10.0. The minimum absolute atomic E-state index is 0.190. The van der Waals surface area contributed by atoms with Crippen LogP contribution in [0.4, 0.5) is 5.69 Å². The Balaban J connectivity index is 1.69. The molecule has 0 spiro atoms. The second kappa shape index (κ2) is 6.77. The van der Waals surface area contributed by atoms with Crippen LogP contribution in [0.3, 0.4) is 0 Å². The molecule has 2 aromatic carbocycles. The van der Waals surface area contributed by atoms with Crippen LogP contribution in [0.25, 0.3) is 11.1 Å². The topological polar surface area (TPSA) is 32.3 Å².